The quantitative estimate of drug-likeness (QED) is 0.513. The standard InChI is InChI=1S/C20H18FN5O2/c21-16-5-2-1-4-14(16)13-26-17-10-19(22-11-15(17)12-23-26)24-18-6-3-7-20(25-18)28-9-8-27/h1-7,10-12,27H,8-9,13H2,(H,22,24,25). The Morgan fingerprint density at radius 1 is 1.07 bits per heavy atom. The molecule has 0 aliphatic heterocycles. The van der Waals surface area contributed by atoms with Gasteiger partial charge in [-0.2, -0.15) is 10.1 Å². The molecular weight excluding hydrogens is 361 g/mol. The van der Waals surface area contributed by atoms with Crippen molar-refractivity contribution in [3.05, 3.63) is 72.3 Å². The van der Waals surface area contributed by atoms with E-state index >= 15 is 0 Å². The summed E-state index contributed by atoms with van der Waals surface area (Å²) in [4.78, 5) is 8.69. The van der Waals surface area contributed by atoms with E-state index < -0.39 is 0 Å². The molecule has 28 heavy (non-hydrogen) atoms. The second kappa shape index (κ2) is 8.01. The van der Waals surface area contributed by atoms with Gasteiger partial charge in [0, 0.05) is 29.3 Å². The topological polar surface area (TPSA) is 85.1 Å². The molecule has 0 bridgehead atoms. The molecule has 0 fully saturated rings. The summed E-state index contributed by atoms with van der Waals surface area (Å²) in [6.07, 6.45) is 3.41. The zero-order chi connectivity index (χ0) is 19.3. The van der Waals surface area contributed by atoms with Crippen molar-refractivity contribution < 1.29 is 14.2 Å². The number of hydrogen-bond acceptors (Lipinski definition) is 6. The van der Waals surface area contributed by atoms with Crippen LogP contribution in [0.4, 0.5) is 16.0 Å². The average Bonchev–Trinajstić information content (AvgIpc) is 3.11. The molecule has 4 aromatic rings. The lowest BCUT2D eigenvalue weighted by Gasteiger charge is -2.09. The molecule has 0 aliphatic rings. The van der Waals surface area contributed by atoms with Crippen LogP contribution in [0.2, 0.25) is 0 Å². The lowest BCUT2D eigenvalue weighted by atomic mass is 10.2. The fraction of sp³-hybridized carbons (Fsp3) is 0.150. The van der Waals surface area contributed by atoms with E-state index in [0.717, 1.165) is 10.9 Å². The fourth-order valence-corrected chi connectivity index (χ4v) is 2.80. The molecule has 3 heterocycles. The first-order valence-electron chi connectivity index (χ1n) is 8.75. The van der Waals surface area contributed by atoms with Crippen LogP contribution in [0.15, 0.2) is 60.9 Å². The molecule has 0 amide bonds. The first-order chi connectivity index (χ1) is 13.7. The van der Waals surface area contributed by atoms with Gasteiger partial charge in [0.2, 0.25) is 5.88 Å². The Labute approximate surface area is 160 Å². The van der Waals surface area contributed by atoms with Crippen molar-refractivity contribution in [2.24, 2.45) is 0 Å². The van der Waals surface area contributed by atoms with Gasteiger partial charge < -0.3 is 15.2 Å². The van der Waals surface area contributed by atoms with Crippen molar-refractivity contribution in [2.45, 2.75) is 6.54 Å². The fourth-order valence-electron chi connectivity index (χ4n) is 2.80. The zero-order valence-corrected chi connectivity index (χ0v) is 14.9. The summed E-state index contributed by atoms with van der Waals surface area (Å²) in [6, 6.07) is 13.8. The van der Waals surface area contributed by atoms with Crippen molar-refractivity contribution in [3.8, 4) is 5.88 Å². The van der Waals surface area contributed by atoms with Crippen LogP contribution < -0.4 is 10.1 Å². The molecule has 4 rings (SSSR count). The largest absolute Gasteiger partial charge is 0.475 e. The number of nitrogens with zero attached hydrogens (tertiary/aromatic N) is 4. The summed E-state index contributed by atoms with van der Waals surface area (Å²) in [5.41, 5.74) is 1.39. The van der Waals surface area contributed by atoms with Crippen molar-refractivity contribution >= 4 is 22.5 Å². The number of anilines is 2. The van der Waals surface area contributed by atoms with Gasteiger partial charge >= 0.3 is 0 Å². The predicted molar refractivity (Wildman–Crippen MR) is 103 cm³/mol. The molecule has 0 saturated carbocycles. The van der Waals surface area contributed by atoms with Crippen molar-refractivity contribution in [1.29, 1.82) is 0 Å². The van der Waals surface area contributed by atoms with Gasteiger partial charge in [0.05, 0.1) is 24.9 Å². The monoisotopic (exact) mass is 379 g/mol. The number of ether oxygens (including phenoxy) is 1. The first-order valence-corrected chi connectivity index (χ1v) is 8.75. The number of fused-ring (bicyclic) bond motifs is 1. The Kier molecular flexibility index (Phi) is 5.11. The van der Waals surface area contributed by atoms with Gasteiger partial charge in [0.1, 0.15) is 24.1 Å². The molecule has 142 valence electrons. The Balaban J connectivity index is 1.58. The molecule has 0 atom stereocenters. The molecular formula is C20H18FN5O2. The number of pyridine rings is 2. The maximum Gasteiger partial charge on any atom is 0.215 e. The molecule has 1 aromatic carbocycles. The molecule has 7 nitrogen and oxygen atoms in total. The second-order valence-corrected chi connectivity index (χ2v) is 6.08. The van der Waals surface area contributed by atoms with Crippen LogP contribution in [-0.2, 0) is 6.54 Å². The van der Waals surface area contributed by atoms with Crippen LogP contribution in [0.1, 0.15) is 5.56 Å². The predicted octanol–water partition coefficient (Wildman–Crippen LogP) is 3.13. The zero-order valence-electron chi connectivity index (χ0n) is 14.9. The molecule has 2 N–H and O–H groups in total. The number of rotatable bonds is 7. The summed E-state index contributed by atoms with van der Waals surface area (Å²) < 4.78 is 21.0. The summed E-state index contributed by atoms with van der Waals surface area (Å²) in [5.74, 6) is 1.28. The van der Waals surface area contributed by atoms with Gasteiger partial charge in [0.25, 0.3) is 0 Å². The van der Waals surface area contributed by atoms with Gasteiger partial charge in [-0.15, -0.1) is 0 Å². The van der Waals surface area contributed by atoms with Crippen LogP contribution in [0.3, 0.4) is 0 Å². The number of hydrogen-bond donors (Lipinski definition) is 2. The van der Waals surface area contributed by atoms with Crippen molar-refractivity contribution in [1.82, 2.24) is 19.7 Å². The van der Waals surface area contributed by atoms with Gasteiger partial charge in [-0.3, -0.25) is 4.68 Å². The Bertz CT molecular complexity index is 1100. The van der Waals surface area contributed by atoms with E-state index in [1.54, 1.807) is 53.5 Å². The molecule has 0 saturated heterocycles. The number of benzene rings is 1. The normalized spacial score (nSPS) is 10.9. The number of nitrogens with one attached hydrogen (secondary N) is 1. The SMILES string of the molecule is OCCOc1cccc(Nc2cc3c(cn2)cnn3Cc2ccccc2F)n1. The minimum absolute atomic E-state index is 0.0798. The number of aromatic nitrogens is 4. The van der Waals surface area contributed by atoms with E-state index in [9.17, 15) is 4.39 Å². The van der Waals surface area contributed by atoms with E-state index in [4.69, 9.17) is 9.84 Å². The third-order valence-corrected chi connectivity index (χ3v) is 4.13. The summed E-state index contributed by atoms with van der Waals surface area (Å²) in [6.45, 7) is 0.418. The average molecular weight is 379 g/mol. The minimum atomic E-state index is -0.262. The van der Waals surface area contributed by atoms with Gasteiger partial charge in [-0.1, -0.05) is 24.3 Å². The summed E-state index contributed by atoms with van der Waals surface area (Å²) in [7, 11) is 0. The summed E-state index contributed by atoms with van der Waals surface area (Å²) in [5, 5.41) is 17.2. The van der Waals surface area contributed by atoms with Crippen LogP contribution in [0.5, 0.6) is 5.88 Å². The van der Waals surface area contributed by atoms with Crippen molar-refractivity contribution in [3.63, 3.8) is 0 Å². The lowest BCUT2D eigenvalue weighted by Crippen LogP contribution is -2.05. The van der Waals surface area contributed by atoms with Crippen LogP contribution in [-0.4, -0.2) is 38.1 Å². The Morgan fingerprint density at radius 2 is 1.96 bits per heavy atom. The maximum absolute atomic E-state index is 14.0. The highest BCUT2D eigenvalue weighted by molar-refractivity contribution is 5.81. The van der Waals surface area contributed by atoms with E-state index in [1.807, 2.05) is 6.07 Å². The minimum Gasteiger partial charge on any atom is -0.475 e. The molecule has 0 aliphatic carbocycles. The van der Waals surface area contributed by atoms with E-state index in [1.165, 1.54) is 6.07 Å². The number of aliphatic hydroxyl groups excluding tert-OH is 1. The van der Waals surface area contributed by atoms with E-state index in [2.05, 4.69) is 20.4 Å². The molecule has 0 spiro atoms. The Hall–Kier alpha value is -3.52. The number of halogens is 1. The Morgan fingerprint density at radius 3 is 2.82 bits per heavy atom. The maximum atomic E-state index is 14.0. The highest BCUT2D eigenvalue weighted by Crippen LogP contribution is 2.21. The lowest BCUT2D eigenvalue weighted by molar-refractivity contribution is 0.197. The van der Waals surface area contributed by atoms with Crippen LogP contribution >= 0.6 is 0 Å². The molecule has 0 unspecified atom stereocenters. The van der Waals surface area contributed by atoms with Gasteiger partial charge in [0.15, 0.2) is 0 Å². The van der Waals surface area contributed by atoms with Crippen molar-refractivity contribution in [2.75, 3.05) is 18.5 Å². The smallest absolute Gasteiger partial charge is 0.215 e. The van der Waals surface area contributed by atoms with Crippen LogP contribution in [0.25, 0.3) is 10.9 Å². The van der Waals surface area contributed by atoms with Gasteiger partial charge in [-0.05, 0) is 12.1 Å². The highest BCUT2D eigenvalue weighted by atomic mass is 19.1. The van der Waals surface area contributed by atoms with E-state index in [-0.39, 0.29) is 19.0 Å². The van der Waals surface area contributed by atoms with E-state index in [0.29, 0.717) is 29.6 Å². The first kappa shape index (κ1) is 17.9. The molecule has 8 heteroatoms. The molecule has 0 radical (unpaired) electrons. The third-order valence-electron chi connectivity index (χ3n) is 4.13. The summed E-state index contributed by atoms with van der Waals surface area (Å²) >= 11 is 0. The van der Waals surface area contributed by atoms with Crippen LogP contribution in [0, 0.1) is 5.82 Å². The molecule has 3 aromatic heterocycles. The van der Waals surface area contributed by atoms with Gasteiger partial charge in [-0.25, -0.2) is 9.37 Å². The second-order valence-electron chi connectivity index (χ2n) is 6.08. The highest BCUT2D eigenvalue weighted by Gasteiger charge is 2.09. The number of aliphatic hydroxyl groups is 1. The third kappa shape index (κ3) is 3.91.